The summed E-state index contributed by atoms with van der Waals surface area (Å²) < 4.78 is 26.8. The molecule has 2 rings (SSSR count). The average Bonchev–Trinajstić information content (AvgIpc) is 2.49. The number of phenols is 1. The number of hydrogen-bond acceptors (Lipinski definition) is 4. The van der Waals surface area contributed by atoms with Gasteiger partial charge in [0.15, 0.2) is 5.78 Å². The molecule has 0 saturated carbocycles. The number of aromatic hydroxyl groups is 1. The van der Waals surface area contributed by atoms with Crippen LogP contribution in [0.3, 0.4) is 0 Å². The summed E-state index contributed by atoms with van der Waals surface area (Å²) in [6.45, 7) is 1.68. The van der Waals surface area contributed by atoms with E-state index in [4.69, 9.17) is 0 Å². The first-order valence-electron chi connectivity index (χ1n) is 6.77. The van der Waals surface area contributed by atoms with Crippen LogP contribution in [0.1, 0.15) is 22.8 Å². The normalized spacial score (nSPS) is 11.3. The van der Waals surface area contributed by atoms with Crippen LogP contribution in [0, 0.1) is 0 Å². The fourth-order valence-corrected chi connectivity index (χ4v) is 2.98. The number of nitrogens with one attached hydrogen (secondary N) is 1. The highest BCUT2D eigenvalue weighted by Gasteiger charge is 2.13. The van der Waals surface area contributed by atoms with E-state index in [1.54, 1.807) is 24.3 Å². The number of carbonyl (C=O) groups excluding carboxylic acids is 1. The topological polar surface area (TPSA) is 83.5 Å². The van der Waals surface area contributed by atoms with E-state index in [0.717, 1.165) is 5.56 Å². The first-order valence-corrected chi connectivity index (χ1v) is 8.25. The molecule has 0 bridgehead atoms. The lowest BCUT2D eigenvalue weighted by Gasteiger charge is -2.07. The maximum atomic E-state index is 12.1. The molecule has 0 aliphatic carbocycles. The van der Waals surface area contributed by atoms with Gasteiger partial charge in [0.25, 0.3) is 0 Å². The Labute approximate surface area is 129 Å². The van der Waals surface area contributed by atoms with Gasteiger partial charge in [-0.25, -0.2) is 13.1 Å². The van der Waals surface area contributed by atoms with Crippen molar-refractivity contribution in [2.45, 2.75) is 18.2 Å². The van der Waals surface area contributed by atoms with Crippen LogP contribution in [0.4, 0.5) is 0 Å². The summed E-state index contributed by atoms with van der Waals surface area (Å²) in [6.07, 6.45) is 0.519. The summed E-state index contributed by atoms with van der Waals surface area (Å²) in [5.41, 5.74) is 1.40. The molecular weight excluding hydrogens is 302 g/mol. The largest absolute Gasteiger partial charge is 0.508 e. The molecular formula is C16H17NO4S. The minimum Gasteiger partial charge on any atom is -0.508 e. The van der Waals surface area contributed by atoms with Gasteiger partial charge in [-0.2, -0.15) is 0 Å². The molecule has 0 heterocycles. The van der Waals surface area contributed by atoms with Crippen molar-refractivity contribution < 1.29 is 18.3 Å². The molecule has 0 aromatic heterocycles. The van der Waals surface area contributed by atoms with E-state index >= 15 is 0 Å². The first-order chi connectivity index (χ1) is 10.4. The summed E-state index contributed by atoms with van der Waals surface area (Å²) in [6, 6.07) is 12.4. The van der Waals surface area contributed by atoms with Crippen LogP contribution < -0.4 is 4.72 Å². The molecule has 2 aromatic rings. The second kappa shape index (κ2) is 6.72. The van der Waals surface area contributed by atoms with Gasteiger partial charge in [0.1, 0.15) is 5.75 Å². The van der Waals surface area contributed by atoms with Crippen LogP contribution in [0.25, 0.3) is 0 Å². The standard InChI is InChI=1S/C16H17NO4S/c1-12(18)14-4-8-16(9-5-14)22(20,21)17-11-10-13-2-6-15(19)7-3-13/h2-9,17,19H,10-11H2,1H3. The van der Waals surface area contributed by atoms with E-state index in [1.165, 1.54) is 31.2 Å². The second-order valence-electron chi connectivity index (χ2n) is 4.89. The van der Waals surface area contributed by atoms with Gasteiger partial charge in [-0.1, -0.05) is 24.3 Å². The van der Waals surface area contributed by atoms with Crippen molar-refractivity contribution in [1.82, 2.24) is 4.72 Å². The SMILES string of the molecule is CC(=O)c1ccc(S(=O)(=O)NCCc2ccc(O)cc2)cc1. The van der Waals surface area contributed by atoms with Gasteiger partial charge in [0, 0.05) is 12.1 Å². The number of sulfonamides is 1. The van der Waals surface area contributed by atoms with Crippen LogP contribution in [-0.2, 0) is 16.4 Å². The van der Waals surface area contributed by atoms with E-state index in [1.807, 2.05) is 0 Å². The van der Waals surface area contributed by atoms with Crippen LogP contribution in [0.15, 0.2) is 53.4 Å². The highest BCUT2D eigenvalue weighted by Crippen LogP contribution is 2.12. The molecule has 2 aromatic carbocycles. The van der Waals surface area contributed by atoms with E-state index in [9.17, 15) is 18.3 Å². The van der Waals surface area contributed by atoms with Gasteiger partial charge in [-0.05, 0) is 43.2 Å². The van der Waals surface area contributed by atoms with Crippen LogP contribution in [0.5, 0.6) is 5.75 Å². The van der Waals surface area contributed by atoms with Gasteiger partial charge in [-0.15, -0.1) is 0 Å². The zero-order valence-corrected chi connectivity index (χ0v) is 12.9. The number of phenolic OH excluding ortho intramolecular Hbond substituents is 1. The van der Waals surface area contributed by atoms with Gasteiger partial charge in [0.05, 0.1) is 4.90 Å². The molecule has 0 unspecified atom stereocenters. The Hall–Kier alpha value is -2.18. The highest BCUT2D eigenvalue weighted by atomic mass is 32.2. The predicted octanol–water partition coefficient (Wildman–Crippen LogP) is 2.12. The molecule has 0 aliphatic rings. The van der Waals surface area contributed by atoms with Gasteiger partial charge < -0.3 is 5.11 Å². The number of benzene rings is 2. The summed E-state index contributed by atoms with van der Waals surface area (Å²) in [7, 11) is -3.59. The van der Waals surface area contributed by atoms with Gasteiger partial charge >= 0.3 is 0 Å². The fourth-order valence-electron chi connectivity index (χ4n) is 1.94. The van der Waals surface area contributed by atoms with Crippen molar-refractivity contribution in [1.29, 1.82) is 0 Å². The number of rotatable bonds is 6. The van der Waals surface area contributed by atoms with Crippen molar-refractivity contribution in [3.8, 4) is 5.75 Å². The lowest BCUT2D eigenvalue weighted by atomic mass is 10.1. The minimum absolute atomic E-state index is 0.107. The zero-order valence-electron chi connectivity index (χ0n) is 12.1. The third-order valence-corrected chi connectivity index (χ3v) is 4.69. The van der Waals surface area contributed by atoms with Crippen molar-refractivity contribution in [3.63, 3.8) is 0 Å². The number of ketones is 1. The van der Waals surface area contributed by atoms with E-state index in [-0.39, 0.29) is 23.0 Å². The van der Waals surface area contributed by atoms with Crippen molar-refractivity contribution >= 4 is 15.8 Å². The molecule has 0 spiro atoms. The summed E-state index contributed by atoms with van der Waals surface area (Å²) in [4.78, 5) is 11.3. The Morgan fingerprint density at radius 1 is 1.05 bits per heavy atom. The zero-order chi connectivity index (χ0) is 16.2. The van der Waals surface area contributed by atoms with E-state index in [0.29, 0.717) is 12.0 Å². The van der Waals surface area contributed by atoms with Crippen molar-refractivity contribution in [2.24, 2.45) is 0 Å². The number of Topliss-reactive ketones (excluding diaryl/α,β-unsaturated/α-hetero) is 1. The maximum Gasteiger partial charge on any atom is 0.240 e. The molecule has 22 heavy (non-hydrogen) atoms. The molecule has 116 valence electrons. The summed E-state index contributed by atoms with van der Waals surface area (Å²) in [5, 5.41) is 9.19. The number of carbonyl (C=O) groups is 1. The van der Waals surface area contributed by atoms with Crippen molar-refractivity contribution in [3.05, 3.63) is 59.7 Å². The Morgan fingerprint density at radius 2 is 1.64 bits per heavy atom. The molecule has 0 fully saturated rings. The van der Waals surface area contributed by atoms with Crippen LogP contribution in [-0.4, -0.2) is 25.9 Å². The van der Waals surface area contributed by atoms with E-state index < -0.39 is 10.0 Å². The Bertz CT molecular complexity index is 750. The van der Waals surface area contributed by atoms with Gasteiger partial charge in [-0.3, -0.25) is 4.79 Å². The number of hydrogen-bond donors (Lipinski definition) is 2. The summed E-state index contributed by atoms with van der Waals surface area (Å²) >= 11 is 0. The second-order valence-corrected chi connectivity index (χ2v) is 6.66. The van der Waals surface area contributed by atoms with Crippen LogP contribution in [0.2, 0.25) is 0 Å². The smallest absolute Gasteiger partial charge is 0.240 e. The van der Waals surface area contributed by atoms with Gasteiger partial charge in [0.2, 0.25) is 10.0 Å². The highest BCUT2D eigenvalue weighted by molar-refractivity contribution is 7.89. The van der Waals surface area contributed by atoms with Crippen LogP contribution >= 0.6 is 0 Å². The molecule has 5 nitrogen and oxygen atoms in total. The minimum atomic E-state index is -3.59. The summed E-state index contributed by atoms with van der Waals surface area (Å²) in [5.74, 6) is 0.0686. The fraction of sp³-hybridized carbons (Fsp3) is 0.188. The Morgan fingerprint density at radius 3 is 2.18 bits per heavy atom. The average molecular weight is 319 g/mol. The lowest BCUT2D eigenvalue weighted by molar-refractivity contribution is 0.101. The lowest BCUT2D eigenvalue weighted by Crippen LogP contribution is -2.26. The Kier molecular flexibility index (Phi) is 4.95. The molecule has 6 heteroatoms. The first kappa shape index (κ1) is 16.2. The Balaban J connectivity index is 1.98. The molecule has 0 radical (unpaired) electrons. The molecule has 0 atom stereocenters. The predicted molar refractivity (Wildman–Crippen MR) is 83.4 cm³/mol. The monoisotopic (exact) mass is 319 g/mol. The quantitative estimate of drug-likeness (QED) is 0.799. The molecule has 0 saturated heterocycles. The van der Waals surface area contributed by atoms with E-state index in [2.05, 4.69) is 4.72 Å². The van der Waals surface area contributed by atoms with Crippen molar-refractivity contribution in [2.75, 3.05) is 6.54 Å². The molecule has 0 amide bonds. The molecule has 0 aliphatic heterocycles. The molecule has 2 N–H and O–H groups in total. The third kappa shape index (κ3) is 4.16. The maximum absolute atomic E-state index is 12.1. The third-order valence-electron chi connectivity index (χ3n) is 3.21.